The fourth-order valence-electron chi connectivity index (χ4n) is 1.19. The average molecular weight is 215 g/mol. The maximum absolute atomic E-state index is 13.0. The van der Waals surface area contributed by atoms with Crippen molar-refractivity contribution in [3.8, 4) is 0 Å². The van der Waals surface area contributed by atoms with Gasteiger partial charge in [-0.25, -0.2) is 4.39 Å². The van der Waals surface area contributed by atoms with E-state index in [1.165, 1.54) is 6.07 Å². The first kappa shape index (κ1) is 11.2. The zero-order valence-corrected chi connectivity index (χ0v) is 8.77. The van der Waals surface area contributed by atoms with Crippen molar-refractivity contribution in [3.63, 3.8) is 0 Å². The van der Waals surface area contributed by atoms with Gasteiger partial charge in [0, 0.05) is 12.8 Å². The van der Waals surface area contributed by atoms with Gasteiger partial charge in [-0.05, 0) is 18.1 Å². The molecule has 0 aromatic heterocycles. The first-order valence-corrected chi connectivity index (χ1v) is 4.97. The van der Waals surface area contributed by atoms with Crippen LogP contribution in [0.1, 0.15) is 25.3 Å². The van der Waals surface area contributed by atoms with Crippen molar-refractivity contribution < 1.29 is 9.18 Å². The van der Waals surface area contributed by atoms with E-state index in [0.29, 0.717) is 24.8 Å². The van der Waals surface area contributed by atoms with Crippen LogP contribution in [0.4, 0.5) is 4.39 Å². The number of aryl methyl sites for hydroxylation is 1. The van der Waals surface area contributed by atoms with E-state index in [9.17, 15) is 9.18 Å². The Hall–Kier alpha value is -0.890. The summed E-state index contributed by atoms with van der Waals surface area (Å²) < 4.78 is 13.0. The minimum Gasteiger partial charge on any atom is -0.300 e. The molecule has 14 heavy (non-hydrogen) atoms. The van der Waals surface area contributed by atoms with Gasteiger partial charge in [0.1, 0.15) is 11.6 Å². The standard InChI is InChI=1S/C11H12ClFO/c1-2-9(14)7-6-8-4-3-5-10(13)11(8)12/h3-5H,2,6-7H2,1H3. The number of carbonyl (C=O) groups excluding carboxylic acids is 1. The molecule has 0 heterocycles. The van der Waals surface area contributed by atoms with Gasteiger partial charge in [-0.2, -0.15) is 0 Å². The molecule has 0 aliphatic rings. The Bertz CT molecular complexity index is 336. The fourth-order valence-corrected chi connectivity index (χ4v) is 1.41. The Kier molecular flexibility index (Phi) is 4.08. The van der Waals surface area contributed by atoms with Crippen molar-refractivity contribution in [2.45, 2.75) is 26.2 Å². The van der Waals surface area contributed by atoms with E-state index in [2.05, 4.69) is 0 Å². The molecule has 0 saturated heterocycles. The van der Waals surface area contributed by atoms with Crippen LogP contribution in [0.3, 0.4) is 0 Å². The minimum atomic E-state index is -0.423. The molecule has 0 bridgehead atoms. The third-order valence-corrected chi connectivity index (χ3v) is 2.52. The topological polar surface area (TPSA) is 17.1 Å². The second kappa shape index (κ2) is 5.11. The second-order valence-electron chi connectivity index (χ2n) is 3.11. The van der Waals surface area contributed by atoms with E-state index < -0.39 is 5.82 Å². The van der Waals surface area contributed by atoms with Crippen LogP contribution >= 0.6 is 11.6 Å². The normalized spacial score (nSPS) is 10.2. The van der Waals surface area contributed by atoms with Crippen LogP contribution in [0.15, 0.2) is 18.2 Å². The number of benzene rings is 1. The summed E-state index contributed by atoms with van der Waals surface area (Å²) >= 11 is 5.73. The number of ketones is 1. The fraction of sp³-hybridized carbons (Fsp3) is 0.364. The highest BCUT2D eigenvalue weighted by Gasteiger charge is 2.06. The largest absolute Gasteiger partial charge is 0.300 e. The third-order valence-electron chi connectivity index (χ3n) is 2.10. The first-order valence-electron chi connectivity index (χ1n) is 4.59. The Morgan fingerprint density at radius 3 is 2.86 bits per heavy atom. The van der Waals surface area contributed by atoms with Crippen LogP contribution in [0.25, 0.3) is 0 Å². The third kappa shape index (κ3) is 2.81. The molecule has 1 aromatic carbocycles. The molecule has 1 rings (SSSR count). The van der Waals surface area contributed by atoms with Crippen molar-refractivity contribution in [2.24, 2.45) is 0 Å². The number of hydrogen-bond donors (Lipinski definition) is 0. The van der Waals surface area contributed by atoms with Gasteiger partial charge >= 0.3 is 0 Å². The lowest BCUT2D eigenvalue weighted by Gasteiger charge is -2.03. The molecular weight excluding hydrogens is 203 g/mol. The molecule has 3 heteroatoms. The number of rotatable bonds is 4. The number of Topliss-reactive ketones (excluding diaryl/α,β-unsaturated/α-hetero) is 1. The molecule has 0 amide bonds. The maximum atomic E-state index is 13.0. The van der Waals surface area contributed by atoms with Crippen LogP contribution in [0.2, 0.25) is 5.02 Å². The van der Waals surface area contributed by atoms with Crippen molar-refractivity contribution >= 4 is 17.4 Å². The lowest BCUT2D eigenvalue weighted by molar-refractivity contribution is -0.118. The summed E-state index contributed by atoms with van der Waals surface area (Å²) in [6.07, 6.45) is 1.47. The molecule has 0 radical (unpaired) electrons. The number of halogens is 2. The molecule has 1 aromatic rings. The van der Waals surface area contributed by atoms with E-state index in [0.717, 1.165) is 0 Å². The molecule has 0 unspecified atom stereocenters. The molecule has 0 spiro atoms. The highest BCUT2D eigenvalue weighted by molar-refractivity contribution is 6.31. The molecule has 0 aliphatic carbocycles. The van der Waals surface area contributed by atoms with Crippen LogP contribution < -0.4 is 0 Å². The summed E-state index contributed by atoms with van der Waals surface area (Å²) in [4.78, 5) is 11.0. The second-order valence-corrected chi connectivity index (χ2v) is 3.48. The summed E-state index contributed by atoms with van der Waals surface area (Å²) in [7, 11) is 0. The summed E-state index contributed by atoms with van der Waals surface area (Å²) in [5.74, 6) is -0.251. The highest BCUT2D eigenvalue weighted by atomic mass is 35.5. The summed E-state index contributed by atoms with van der Waals surface area (Å²) in [6.45, 7) is 1.81. The maximum Gasteiger partial charge on any atom is 0.142 e. The van der Waals surface area contributed by atoms with Gasteiger partial charge in [0.25, 0.3) is 0 Å². The highest BCUT2D eigenvalue weighted by Crippen LogP contribution is 2.20. The Balaban J connectivity index is 2.68. The van der Waals surface area contributed by atoms with Crippen molar-refractivity contribution in [3.05, 3.63) is 34.6 Å². The van der Waals surface area contributed by atoms with Gasteiger partial charge in [0.2, 0.25) is 0 Å². The SMILES string of the molecule is CCC(=O)CCc1cccc(F)c1Cl. The zero-order valence-electron chi connectivity index (χ0n) is 8.02. The minimum absolute atomic E-state index is 0.136. The molecular formula is C11H12ClFO. The number of carbonyl (C=O) groups is 1. The monoisotopic (exact) mass is 214 g/mol. The van der Waals surface area contributed by atoms with Gasteiger partial charge < -0.3 is 0 Å². The summed E-state index contributed by atoms with van der Waals surface area (Å²) in [6, 6.07) is 4.66. The van der Waals surface area contributed by atoms with Crippen LogP contribution in [0.5, 0.6) is 0 Å². The van der Waals surface area contributed by atoms with Gasteiger partial charge in [-0.3, -0.25) is 4.79 Å². The van der Waals surface area contributed by atoms with Gasteiger partial charge in [0.05, 0.1) is 5.02 Å². The predicted molar refractivity (Wildman–Crippen MR) is 55.0 cm³/mol. The smallest absolute Gasteiger partial charge is 0.142 e. The molecule has 0 N–H and O–H groups in total. The van der Waals surface area contributed by atoms with E-state index >= 15 is 0 Å². The van der Waals surface area contributed by atoms with Crippen molar-refractivity contribution in [2.75, 3.05) is 0 Å². The Morgan fingerprint density at radius 2 is 2.21 bits per heavy atom. The molecule has 76 valence electrons. The summed E-state index contributed by atoms with van der Waals surface area (Å²) in [5.41, 5.74) is 0.702. The van der Waals surface area contributed by atoms with Gasteiger partial charge in [-0.1, -0.05) is 30.7 Å². The molecule has 0 aliphatic heterocycles. The van der Waals surface area contributed by atoms with Crippen LogP contribution in [-0.2, 0) is 11.2 Å². The molecule has 0 atom stereocenters. The average Bonchev–Trinajstić information content (AvgIpc) is 2.20. The summed E-state index contributed by atoms with van der Waals surface area (Å²) in [5, 5.41) is 0.136. The van der Waals surface area contributed by atoms with E-state index in [-0.39, 0.29) is 10.8 Å². The van der Waals surface area contributed by atoms with E-state index in [4.69, 9.17) is 11.6 Å². The quantitative estimate of drug-likeness (QED) is 0.751. The van der Waals surface area contributed by atoms with Crippen molar-refractivity contribution in [1.82, 2.24) is 0 Å². The molecule has 0 saturated carbocycles. The Morgan fingerprint density at radius 1 is 1.50 bits per heavy atom. The molecule has 1 nitrogen and oxygen atoms in total. The van der Waals surface area contributed by atoms with Gasteiger partial charge in [-0.15, -0.1) is 0 Å². The number of hydrogen-bond acceptors (Lipinski definition) is 1. The van der Waals surface area contributed by atoms with E-state index in [1.54, 1.807) is 12.1 Å². The Labute approximate surface area is 87.9 Å². The first-order chi connectivity index (χ1) is 6.65. The van der Waals surface area contributed by atoms with Crippen LogP contribution in [-0.4, -0.2) is 5.78 Å². The molecule has 0 fully saturated rings. The predicted octanol–water partition coefficient (Wildman–Crippen LogP) is 3.39. The van der Waals surface area contributed by atoms with Gasteiger partial charge in [0.15, 0.2) is 0 Å². The van der Waals surface area contributed by atoms with E-state index in [1.807, 2.05) is 6.92 Å². The lowest BCUT2D eigenvalue weighted by atomic mass is 10.1. The van der Waals surface area contributed by atoms with Crippen LogP contribution in [0, 0.1) is 5.82 Å². The van der Waals surface area contributed by atoms with Crippen molar-refractivity contribution in [1.29, 1.82) is 0 Å². The lowest BCUT2D eigenvalue weighted by Crippen LogP contribution is -1.98. The zero-order chi connectivity index (χ0) is 10.6.